The lowest BCUT2D eigenvalue weighted by Crippen LogP contribution is -2.33. The van der Waals surface area contributed by atoms with E-state index >= 15 is 0 Å². The van der Waals surface area contributed by atoms with Crippen LogP contribution in [0.25, 0.3) is 0 Å². The molecule has 1 unspecified atom stereocenters. The predicted molar refractivity (Wildman–Crippen MR) is 68.3 cm³/mol. The Labute approximate surface area is 105 Å². The van der Waals surface area contributed by atoms with Gasteiger partial charge < -0.3 is 15.2 Å². The van der Waals surface area contributed by atoms with Crippen LogP contribution in [0.15, 0.2) is 29.2 Å². The van der Waals surface area contributed by atoms with E-state index in [-0.39, 0.29) is 16.9 Å². The van der Waals surface area contributed by atoms with Gasteiger partial charge in [-0.15, -0.1) is 11.8 Å². The van der Waals surface area contributed by atoms with Crippen LogP contribution >= 0.6 is 11.8 Å². The summed E-state index contributed by atoms with van der Waals surface area (Å²) < 4.78 is 4.85. The molecule has 0 aromatic heterocycles. The number of thioether (sulfide) groups is 1. The first-order valence-corrected chi connectivity index (χ1v) is 6.24. The van der Waals surface area contributed by atoms with Crippen molar-refractivity contribution in [2.24, 2.45) is 0 Å². The van der Waals surface area contributed by atoms with E-state index < -0.39 is 0 Å². The highest BCUT2D eigenvalue weighted by atomic mass is 32.2. The zero-order chi connectivity index (χ0) is 12.7. The molecule has 1 aromatic rings. The standard InChI is InChI=1S/C12H17NO3S/c1-9(12(15)13-7-8-16-2)17-11-5-3-10(14)4-6-11/h3-6,9,14H,7-8H2,1-2H3,(H,13,15). The second-order valence-electron chi connectivity index (χ2n) is 3.54. The summed E-state index contributed by atoms with van der Waals surface area (Å²) in [5.74, 6) is 0.215. The average molecular weight is 255 g/mol. The van der Waals surface area contributed by atoms with Crippen LogP contribution in [0.4, 0.5) is 0 Å². The maximum Gasteiger partial charge on any atom is 0.233 e. The van der Waals surface area contributed by atoms with E-state index in [2.05, 4.69) is 5.32 Å². The third-order valence-corrected chi connectivity index (χ3v) is 3.24. The van der Waals surface area contributed by atoms with Crippen molar-refractivity contribution in [1.29, 1.82) is 0 Å². The second-order valence-corrected chi connectivity index (χ2v) is 4.95. The van der Waals surface area contributed by atoms with Gasteiger partial charge >= 0.3 is 0 Å². The number of aromatic hydroxyl groups is 1. The monoisotopic (exact) mass is 255 g/mol. The summed E-state index contributed by atoms with van der Waals surface area (Å²) in [7, 11) is 1.60. The van der Waals surface area contributed by atoms with Gasteiger partial charge in [-0.2, -0.15) is 0 Å². The highest BCUT2D eigenvalue weighted by Gasteiger charge is 2.13. The van der Waals surface area contributed by atoms with E-state index in [1.807, 2.05) is 6.92 Å². The average Bonchev–Trinajstić information content (AvgIpc) is 2.32. The number of rotatable bonds is 6. The van der Waals surface area contributed by atoms with E-state index in [1.165, 1.54) is 11.8 Å². The Hall–Kier alpha value is -1.20. The minimum atomic E-state index is -0.170. The Kier molecular flexibility index (Phi) is 5.86. The molecule has 0 aliphatic rings. The topological polar surface area (TPSA) is 58.6 Å². The van der Waals surface area contributed by atoms with Crippen molar-refractivity contribution < 1.29 is 14.6 Å². The molecule has 1 atom stereocenters. The molecule has 1 aromatic carbocycles. The zero-order valence-corrected chi connectivity index (χ0v) is 10.8. The SMILES string of the molecule is COCCNC(=O)C(C)Sc1ccc(O)cc1. The molecule has 0 fully saturated rings. The summed E-state index contributed by atoms with van der Waals surface area (Å²) in [5, 5.41) is 11.8. The van der Waals surface area contributed by atoms with Gasteiger partial charge in [0.15, 0.2) is 0 Å². The van der Waals surface area contributed by atoms with Crippen molar-refractivity contribution in [3.8, 4) is 5.75 Å². The van der Waals surface area contributed by atoms with Crippen LogP contribution in [0.5, 0.6) is 5.75 Å². The number of carbonyl (C=O) groups excluding carboxylic acids is 1. The normalized spacial score (nSPS) is 12.1. The fraction of sp³-hybridized carbons (Fsp3) is 0.417. The van der Waals surface area contributed by atoms with Gasteiger partial charge in [-0.05, 0) is 31.2 Å². The van der Waals surface area contributed by atoms with Crippen LogP contribution in [-0.4, -0.2) is 36.5 Å². The van der Waals surface area contributed by atoms with Crippen molar-refractivity contribution in [3.05, 3.63) is 24.3 Å². The number of benzene rings is 1. The molecule has 4 nitrogen and oxygen atoms in total. The van der Waals surface area contributed by atoms with Crippen LogP contribution in [0.1, 0.15) is 6.92 Å². The third-order valence-electron chi connectivity index (χ3n) is 2.12. The quantitative estimate of drug-likeness (QED) is 0.599. The second kappa shape index (κ2) is 7.19. The molecular weight excluding hydrogens is 238 g/mol. The Balaban J connectivity index is 2.40. The molecule has 0 spiro atoms. The summed E-state index contributed by atoms with van der Waals surface area (Å²) in [6, 6.07) is 6.80. The maximum atomic E-state index is 11.7. The fourth-order valence-corrected chi connectivity index (χ4v) is 2.09. The minimum Gasteiger partial charge on any atom is -0.508 e. The number of phenolic OH excluding ortho intramolecular Hbond substituents is 1. The number of hydrogen-bond donors (Lipinski definition) is 2. The van der Waals surface area contributed by atoms with E-state index in [1.54, 1.807) is 31.4 Å². The molecule has 1 rings (SSSR count). The lowest BCUT2D eigenvalue weighted by Gasteiger charge is -2.11. The van der Waals surface area contributed by atoms with E-state index in [0.29, 0.717) is 13.2 Å². The van der Waals surface area contributed by atoms with Crippen LogP contribution in [0, 0.1) is 0 Å². The Bertz CT molecular complexity index is 353. The minimum absolute atomic E-state index is 0.0138. The summed E-state index contributed by atoms with van der Waals surface area (Å²) in [5.41, 5.74) is 0. The van der Waals surface area contributed by atoms with Crippen molar-refractivity contribution in [1.82, 2.24) is 5.32 Å². The van der Waals surface area contributed by atoms with Gasteiger partial charge in [-0.25, -0.2) is 0 Å². The lowest BCUT2D eigenvalue weighted by atomic mass is 10.3. The Morgan fingerprint density at radius 1 is 1.47 bits per heavy atom. The van der Waals surface area contributed by atoms with Crippen molar-refractivity contribution in [3.63, 3.8) is 0 Å². The van der Waals surface area contributed by atoms with Gasteiger partial charge in [0.2, 0.25) is 5.91 Å². The number of amides is 1. The predicted octanol–water partition coefficient (Wildman–Crippen LogP) is 1.64. The van der Waals surface area contributed by atoms with Gasteiger partial charge in [0.05, 0.1) is 11.9 Å². The van der Waals surface area contributed by atoms with Gasteiger partial charge in [0, 0.05) is 18.6 Å². The molecule has 94 valence electrons. The summed E-state index contributed by atoms with van der Waals surface area (Å²) in [6.45, 7) is 2.89. The zero-order valence-electron chi connectivity index (χ0n) is 9.97. The first kappa shape index (κ1) is 13.9. The maximum absolute atomic E-state index is 11.7. The first-order valence-electron chi connectivity index (χ1n) is 5.36. The van der Waals surface area contributed by atoms with Gasteiger partial charge in [0.25, 0.3) is 0 Å². The molecule has 2 N–H and O–H groups in total. The number of ether oxygens (including phenoxy) is 1. The Morgan fingerprint density at radius 3 is 2.71 bits per heavy atom. The van der Waals surface area contributed by atoms with Gasteiger partial charge in [-0.3, -0.25) is 4.79 Å². The summed E-state index contributed by atoms with van der Waals surface area (Å²) >= 11 is 1.45. The number of nitrogens with one attached hydrogen (secondary N) is 1. The summed E-state index contributed by atoms with van der Waals surface area (Å²) in [6.07, 6.45) is 0. The highest BCUT2D eigenvalue weighted by Crippen LogP contribution is 2.24. The molecule has 0 bridgehead atoms. The van der Waals surface area contributed by atoms with Gasteiger partial charge in [-0.1, -0.05) is 0 Å². The van der Waals surface area contributed by atoms with Crippen molar-refractivity contribution in [2.45, 2.75) is 17.1 Å². The lowest BCUT2D eigenvalue weighted by molar-refractivity contribution is -0.120. The third kappa shape index (κ3) is 5.10. The molecule has 17 heavy (non-hydrogen) atoms. The number of methoxy groups -OCH3 is 1. The van der Waals surface area contributed by atoms with Crippen molar-refractivity contribution >= 4 is 17.7 Å². The molecule has 1 amide bonds. The molecule has 0 radical (unpaired) electrons. The van der Waals surface area contributed by atoms with E-state index in [4.69, 9.17) is 9.84 Å². The van der Waals surface area contributed by atoms with Crippen LogP contribution < -0.4 is 5.32 Å². The van der Waals surface area contributed by atoms with Gasteiger partial charge in [0.1, 0.15) is 5.75 Å². The smallest absolute Gasteiger partial charge is 0.233 e. The van der Waals surface area contributed by atoms with E-state index in [9.17, 15) is 4.79 Å². The molecule has 0 aliphatic heterocycles. The molecule has 0 heterocycles. The largest absolute Gasteiger partial charge is 0.508 e. The molecule has 0 saturated carbocycles. The number of phenols is 1. The fourth-order valence-electron chi connectivity index (χ4n) is 1.20. The van der Waals surface area contributed by atoms with Crippen molar-refractivity contribution in [2.75, 3.05) is 20.3 Å². The highest BCUT2D eigenvalue weighted by molar-refractivity contribution is 8.00. The molecular formula is C12H17NO3S. The molecule has 5 heteroatoms. The molecule has 0 aliphatic carbocycles. The Morgan fingerprint density at radius 2 is 2.12 bits per heavy atom. The first-order chi connectivity index (χ1) is 8.13. The van der Waals surface area contributed by atoms with Crippen LogP contribution in [0.2, 0.25) is 0 Å². The summed E-state index contributed by atoms with van der Waals surface area (Å²) in [4.78, 5) is 12.6. The number of carbonyl (C=O) groups is 1. The van der Waals surface area contributed by atoms with Crippen LogP contribution in [0.3, 0.4) is 0 Å². The van der Waals surface area contributed by atoms with E-state index in [0.717, 1.165) is 4.90 Å². The number of hydrogen-bond acceptors (Lipinski definition) is 4. The molecule has 0 saturated heterocycles. The van der Waals surface area contributed by atoms with Crippen LogP contribution in [-0.2, 0) is 9.53 Å².